The van der Waals surface area contributed by atoms with Crippen molar-refractivity contribution >= 4 is 46.1 Å². The van der Waals surface area contributed by atoms with Crippen LogP contribution in [0, 0.1) is 17.3 Å². The SMILES string of the molecule is CCn1c(-c2cccnc2[C@H](C)OC)c2c3cc(ccc31)-c1csc(n1)C[C@H](NC(=O)[C@H](C(C)C)N(C)C(=O)N1CC(CN(C)C)C1)C(=O)N1CCC[C@H](N1)C(=O)OCC(C)(C)C2. The first-order valence-electron chi connectivity index (χ1n) is 22.3. The maximum absolute atomic E-state index is 14.6. The number of hydrogen-bond donors (Lipinski definition) is 2. The topological polar surface area (TPSA) is 154 Å². The lowest BCUT2D eigenvalue weighted by atomic mass is 9.84. The Hall–Kier alpha value is -4.90. The van der Waals surface area contributed by atoms with Gasteiger partial charge in [0.05, 0.1) is 34.8 Å². The molecule has 7 rings (SSSR count). The summed E-state index contributed by atoms with van der Waals surface area (Å²) >= 11 is 1.43. The molecule has 0 aliphatic carbocycles. The second kappa shape index (κ2) is 19.1. The fraction of sp³-hybridized carbons (Fsp3) is 0.574. The number of nitrogens with zero attached hydrogens (tertiary/aromatic N) is 7. The number of aromatic nitrogens is 3. The molecular weight excluding hydrogens is 819 g/mol. The molecule has 4 atom stereocenters. The van der Waals surface area contributed by atoms with Gasteiger partial charge in [0.15, 0.2) is 0 Å². The Morgan fingerprint density at radius 1 is 1.13 bits per heavy atom. The number of hydrogen-bond acceptors (Lipinski definition) is 11. The number of nitrogens with one attached hydrogen (secondary N) is 2. The summed E-state index contributed by atoms with van der Waals surface area (Å²) in [6, 6.07) is 7.63. The van der Waals surface area contributed by atoms with Gasteiger partial charge in [-0.05, 0) is 83.0 Å². The van der Waals surface area contributed by atoms with Crippen LogP contribution in [0.15, 0.2) is 41.9 Å². The van der Waals surface area contributed by atoms with E-state index in [2.05, 4.69) is 65.2 Å². The number of methoxy groups -OCH3 is 1. The summed E-state index contributed by atoms with van der Waals surface area (Å²) in [5.41, 5.74) is 9.40. The van der Waals surface area contributed by atoms with E-state index in [0.29, 0.717) is 56.4 Å². The van der Waals surface area contributed by atoms with Gasteiger partial charge in [0.1, 0.15) is 18.1 Å². The van der Waals surface area contributed by atoms with Crippen molar-refractivity contribution < 1.29 is 28.7 Å². The summed E-state index contributed by atoms with van der Waals surface area (Å²) in [4.78, 5) is 71.8. The van der Waals surface area contributed by atoms with E-state index >= 15 is 0 Å². The van der Waals surface area contributed by atoms with Gasteiger partial charge in [-0.3, -0.25) is 24.4 Å². The van der Waals surface area contributed by atoms with E-state index in [9.17, 15) is 19.2 Å². The van der Waals surface area contributed by atoms with Crippen molar-refractivity contribution in [2.45, 2.75) is 98.0 Å². The fourth-order valence-electron chi connectivity index (χ4n) is 9.45. The third-order valence-corrected chi connectivity index (χ3v) is 13.5. The highest BCUT2D eigenvalue weighted by Gasteiger charge is 2.40. The lowest BCUT2D eigenvalue weighted by Gasteiger charge is -2.44. The number of benzene rings is 1. The Labute approximate surface area is 375 Å². The van der Waals surface area contributed by atoms with E-state index in [1.54, 1.807) is 25.3 Å². The minimum Gasteiger partial charge on any atom is -0.464 e. The molecule has 2 saturated heterocycles. The molecule has 0 radical (unpaired) electrons. The molecule has 0 unspecified atom stereocenters. The van der Waals surface area contributed by atoms with Crippen LogP contribution in [0.2, 0.25) is 0 Å². The van der Waals surface area contributed by atoms with Crippen LogP contribution in [0.1, 0.15) is 76.8 Å². The van der Waals surface area contributed by atoms with Crippen molar-refractivity contribution in [2.24, 2.45) is 17.3 Å². The van der Waals surface area contributed by atoms with Gasteiger partial charge < -0.3 is 34.1 Å². The number of aryl methyl sites for hydroxylation is 1. The third-order valence-electron chi connectivity index (χ3n) is 12.6. The summed E-state index contributed by atoms with van der Waals surface area (Å²) in [5, 5.41) is 8.22. The first-order chi connectivity index (χ1) is 30.0. The van der Waals surface area contributed by atoms with Gasteiger partial charge in [0.25, 0.3) is 5.91 Å². The number of esters is 1. The molecule has 340 valence electrons. The number of ether oxygens (including phenoxy) is 2. The van der Waals surface area contributed by atoms with Crippen LogP contribution in [-0.4, -0.2) is 137 Å². The fourth-order valence-corrected chi connectivity index (χ4v) is 10.3. The Balaban J connectivity index is 1.26. The van der Waals surface area contributed by atoms with Crippen LogP contribution in [-0.2, 0) is 43.2 Å². The molecule has 6 heterocycles. The third kappa shape index (κ3) is 9.79. The van der Waals surface area contributed by atoms with Crippen molar-refractivity contribution in [3.63, 3.8) is 0 Å². The van der Waals surface area contributed by atoms with Gasteiger partial charge in [-0.15, -0.1) is 11.3 Å². The number of hydrazine groups is 1. The second-order valence-electron chi connectivity index (χ2n) is 18.9. The number of likely N-dealkylation sites (N-methyl/N-ethyl adjacent to an activating group) is 1. The van der Waals surface area contributed by atoms with Crippen molar-refractivity contribution in [3.05, 3.63) is 58.2 Å². The standard InChI is InChI=1S/C47H65N9O6S/c1-11-55-38-17-16-31-20-33(38)34(42(55)32-14-12-18-48-40(32)29(4)61-10)22-47(5,6)27-62-45(59)35-15-13-19-56(51-35)44(58)36(21-39-49-37(31)26-63-39)50-43(57)41(28(2)3)53(9)46(60)54-24-30(25-54)23-52(7)8/h12,14,16-18,20,26,28-30,35-36,41,51H,11,13,15,19,21-25,27H2,1-10H3,(H,50,57)/t29-,35-,36-,41-/m0/s1. The van der Waals surface area contributed by atoms with Crippen LogP contribution in [0.5, 0.6) is 0 Å². The molecule has 6 bridgehead atoms. The average Bonchev–Trinajstić information content (AvgIpc) is 3.84. The van der Waals surface area contributed by atoms with Crippen molar-refractivity contribution in [3.8, 4) is 22.5 Å². The Morgan fingerprint density at radius 2 is 1.89 bits per heavy atom. The lowest BCUT2D eigenvalue weighted by molar-refractivity contribution is -0.155. The van der Waals surface area contributed by atoms with Gasteiger partial charge in [-0.1, -0.05) is 33.8 Å². The molecule has 16 heteroatoms. The first-order valence-corrected chi connectivity index (χ1v) is 23.2. The van der Waals surface area contributed by atoms with E-state index in [4.69, 9.17) is 19.4 Å². The predicted octanol–water partition coefficient (Wildman–Crippen LogP) is 5.77. The van der Waals surface area contributed by atoms with Gasteiger partial charge >= 0.3 is 12.0 Å². The molecule has 0 saturated carbocycles. The molecule has 4 aromatic rings. The van der Waals surface area contributed by atoms with Crippen molar-refractivity contribution in [1.29, 1.82) is 0 Å². The number of carbonyl (C=O) groups excluding carboxylic acids is 4. The Kier molecular flexibility index (Phi) is 13.9. The molecule has 3 aliphatic heterocycles. The smallest absolute Gasteiger partial charge is 0.324 e. The zero-order chi connectivity index (χ0) is 45.3. The largest absolute Gasteiger partial charge is 0.464 e. The van der Waals surface area contributed by atoms with Crippen molar-refractivity contribution in [1.82, 2.24) is 45.0 Å². The zero-order valence-corrected chi connectivity index (χ0v) is 39.4. The van der Waals surface area contributed by atoms with Gasteiger partial charge in [-0.2, -0.15) is 0 Å². The summed E-state index contributed by atoms with van der Waals surface area (Å²) in [5.74, 6) is -1.12. The molecule has 2 N–H and O–H groups in total. The first kappa shape index (κ1) is 46.1. The molecule has 3 aromatic heterocycles. The van der Waals surface area contributed by atoms with Crippen molar-refractivity contribution in [2.75, 3.05) is 61.0 Å². The van der Waals surface area contributed by atoms with E-state index in [1.807, 2.05) is 46.3 Å². The molecule has 1 aromatic carbocycles. The number of thiazole rings is 1. The molecule has 63 heavy (non-hydrogen) atoms. The number of rotatable bonds is 10. The van der Waals surface area contributed by atoms with Crippen LogP contribution >= 0.6 is 11.3 Å². The van der Waals surface area contributed by atoms with E-state index in [1.165, 1.54) is 21.2 Å². The molecule has 4 amide bonds. The highest BCUT2D eigenvalue weighted by molar-refractivity contribution is 7.10. The normalized spacial score (nSPS) is 20.6. The zero-order valence-electron chi connectivity index (χ0n) is 38.6. The maximum atomic E-state index is 14.6. The van der Waals surface area contributed by atoms with Gasteiger partial charge in [0.2, 0.25) is 5.91 Å². The van der Waals surface area contributed by atoms with E-state index in [-0.39, 0.29) is 37.0 Å². The number of urea groups is 1. The summed E-state index contributed by atoms with van der Waals surface area (Å²) in [7, 11) is 7.38. The van der Waals surface area contributed by atoms with E-state index in [0.717, 1.165) is 51.2 Å². The van der Waals surface area contributed by atoms with Gasteiger partial charge in [0, 0.05) is 98.2 Å². The molecular formula is C47H65N9O6S. The predicted molar refractivity (Wildman–Crippen MR) is 245 cm³/mol. The number of carbonyl (C=O) groups is 4. The molecule has 2 fully saturated rings. The number of pyridine rings is 1. The Bertz CT molecular complexity index is 2320. The number of likely N-dealkylation sites (tertiary alicyclic amines) is 1. The number of amides is 4. The quantitative estimate of drug-likeness (QED) is 0.188. The second-order valence-corrected chi connectivity index (χ2v) is 19.8. The lowest BCUT2D eigenvalue weighted by Crippen LogP contribution is -2.63. The Morgan fingerprint density at radius 3 is 2.59 bits per heavy atom. The van der Waals surface area contributed by atoms with Crippen LogP contribution in [0.4, 0.5) is 4.79 Å². The highest BCUT2D eigenvalue weighted by Crippen LogP contribution is 2.42. The summed E-state index contributed by atoms with van der Waals surface area (Å²) < 4.78 is 14.2. The number of fused-ring (bicyclic) bond motifs is 6. The van der Waals surface area contributed by atoms with Crippen LogP contribution < -0.4 is 10.7 Å². The highest BCUT2D eigenvalue weighted by atomic mass is 32.1. The maximum Gasteiger partial charge on any atom is 0.324 e. The van der Waals surface area contributed by atoms with Crippen LogP contribution in [0.3, 0.4) is 0 Å². The molecule has 0 spiro atoms. The summed E-state index contributed by atoms with van der Waals surface area (Å²) in [6.07, 6.45) is 3.31. The average molecular weight is 884 g/mol. The van der Waals surface area contributed by atoms with E-state index < -0.39 is 35.4 Å². The number of cyclic esters (lactones) is 1. The minimum absolute atomic E-state index is 0.114. The van der Waals surface area contributed by atoms with Gasteiger partial charge in [-0.25, -0.2) is 15.2 Å². The minimum atomic E-state index is -1.03. The molecule has 15 nitrogen and oxygen atoms in total. The monoisotopic (exact) mass is 883 g/mol. The molecule has 3 aliphatic rings. The summed E-state index contributed by atoms with van der Waals surface area (Å²) in [6.45, 7) is 15.5. The van der Waals surface area contributed by atoms with Crippen LogP contribution in [0.25, 0.3) is 33.4 Å².